The van der Waals surface area contributed by atoms with E-state index in [1.165, 1.54) is 0 Å². The maximum absolute atomic E-state index is 11.3. The van der Waals surface area contributed by atoms with Crippen LogP contribution >= 0.6 is 11.3 Å². The second-order valence-corrected chi connectivity index (χ2v) is 5.64. The Balaban J connectivity index is 2.00. The molecule has 1 aromatic carbocycles. The molecule has 2 rings (SSSR count). The number of anilines is 1. The van der Waals surface area contributed by atoms with Crippen LogP contribution < -0.4 is 5.32 Å². The summed E-state index contributed by atoms with van der Waals surface area (Å²) in [6.07, 6.45) is 2.42. The number of benzene rings is 1. The van der Waals surface area contributed by atoms with Crippen LogP contribution in [0.25, 0.3) is 11.3 Å². The highest BCUT2D eigenvalue weighted by Gasteiger charge is 2.05. The fourth-order valence-electron chi connectivity index (χ4n) is 1.90. The Labute approximate surface area is 129 Å². The molecule has 1 heterocycles. The number of hydrogen-bond acceptors (Lipinski definition) is 4. The first kappa shape index (κ1) is 15.7. The maximum atomic E-state index is 11.3. The Morgan fingerprint density at radius 1 is 1.33 bits per heavy atom. The van der Waals surface area contributed by atoms with Gasteiger partial charge in [-0.2, -0.15) is 0 Å². The van der Waals surface area contributed by atoms with Gasteiger partial charge in [-0.25, -0.2) is 4.98 Å². The number of rotatable bonds is 7. The normalized spacial score (nSPS) is 10.6. The summed E-state index contributed by atoms with van der Waals surface area (Å²) in [7, 11) is 1.71. The van der Waals surface area contributed by atoms with Crippen molar-refractivity contribution in [2.75, 3.05) is 19.0 Å². The molecule has 0 saturated carbocycles. The van der Waals surface area contributed by atoms with Gasteiger partial charge in [0.2, 0.25) is 5.91 Å². The SMILES string of the molecule is CCC(=O)Nc1ccc(-c2csc(CCCOC)n2)cc1. The number of aryl methyl sites for hydroxylation is 1. The Kier molecular flexibility index (Phi) is 5.90. The third-order valence-corrected chi connectivity index (χ3v) is 3.98. The van der Waals surface area contributed by atoms with Crippen LogP contribution in [0.4, 0.5) is 5.69 Å². The molecule has 0 aliphatic rings. The highest BCUT2D eigenvalue weighted by atomic mass is 32.1. The second kappa shape index (κ2) is 7.90. The standard InChI is InChI=1S/C16H20N2O2S/c1-3-15(19)17-13-8-6-12(7-9-13)14-11-21-16(18-14)5-4-10-20-2/h6-9,11H,3-5,10H2,1-2H3,(H,17,19). The van der Waals surface area contributed by atoms with E-state index in [0.717, 1.165) is 41.4 Å². The van der Waals surface area contributed by atoms with Crippen LogP contribution in [0, 0.1) is 0 Å². The van der Waals surface area contributed by atoms with E-state index in [1.54, 1.807) is 18.4 Å². The summed E-state index contributed by atoms with van der Waals surface area (Å²) >= 11 is 1.68. The van der Waals surface area contributed by atoms with E-state index in [0.29, 0.717) is 6.42 Å². The van der Waals surface area contributed by atoms with Crippen molar-refractivity contribution >= 4 is 22.9 Å². The number of hydrogen-bond donors (Lipinski definition) is 1. The summed E-state index contributed by atoms with van der Waals surface area (Å²) in [6.45, 7) is 2.60. The number of nitrogens with one attached hydrogen (secondary N) is 1. The lowest BCUT2D eigenvalue weighted by molar-refractivity contribution is -0.115. The topological polar surface area (TPSA) is 51.2 Å². The van der Waals surface area contributed by atoms with E-state index >= 15 is 0 Å². The fourth-order valence-corrected chi connectivity index (χ4v) is 2.75. The molecule has 0 atom stereocenters. The van der Waals surface area contributed by atoms with Crippen LogP contribution in [0.2, 0.25) is 0 Å². The number of carbonyl (C=O) groups is 1. The predicted molar refractivity (Wildman–Crippen MR) is 86.7 cm³/mol. The van der Waals surface area contributed by atoms with Crippen LogP contribution in [-0.2, 0) is 16.0 Å². The molecule has 4 nitrogen and oxygen atoms in total. The van der Waals surface area contributed by atoms with Gasteiger partial charge in [-0.05, 0) is 18.6 Å². The van der Waals surface area contributed by atoms with E-state index in [4.69, 9.17) is 4.74 Å². The smallest absolute Gasteiger partial charge is 0.224 e. The van der Waals surface area contributed by atoms with Gasteiger partial charge in [-0.1, -0.05) is 19.1 Å². The van der Waals surface area contributed by atoms with E-state index in [9.17, 15) is 4.79 Å². The van der Waals surface area contributed by atoms with E-state index in [2.05, 4.69) is 15.7 Å². The number of nitrogens with zero attached hydrogens (tertiary/aromatic N) is 1. The van der Waals surface area contributed by atoms with Gasteiger partial charge in [-0.15, -0.1) is 11.3 Å². The first-order valence-electron chi connectivity index (χ1n) is 7.06. The molecule has 0 radical (unpaired) electrons. The number of methoxy groups -OCH3 is 1. The van der Waals surface area contributed by atoms with Gasteiger partial charge in [-0.3, -0.25) is 4.79 Å². The average Bonchev–Trinajstić information content (AvgIpc) is 2.97. The number of carbonyl (C=O) groups excluding carboxylic acids is 1. The molecule has 21 heavy (non-hydrogen) atoms. The summed E-state index contributed by atoms with van der Waals surface area (Å²) in [5.74, 6) is 0.0248. The molecule has 0 fully saturated rings. The number of ether oxygens (including phenoxy) is 1. The number of aromatic nitrogens is 1. The van der Waals surface area contributed by atoms with Crippen LogP contribution in [-0.4, -0.2) is 24.6 Å². The van der Waals surface area contributed by atoms with Crippen LogP contribution in [0.5, 0.6) is 0 Å². The minimum atomic E-state index is 0.0248. The first-order chi connectivity index (χ1) is 10.2. The van der Waals surface area contributed by atoms with Crippen molar-refractivity contribution in [2.24, 2.45) is 0 Å². The lowest BCUT2D eigenvalue weighted by Crippen LogP contribution is -2.08. The Hall–Kier alpha value is -1.72. The van der Waals surface area contributed by atoms with Gasteiger partial charge < -0.3 is 10.1 Å². The molecule has 0 aliphatic carbocycles. The molecule has 1 N–H and O–H groups in total. The van der Waals surface area contributed by atoms with Crippen molar-refractivity contribution in [3.05, 3.63) is 34.7 Å². The molecular weight excluding hydrogens is 284 g/mol. The van der Waals surface area contributed by atoms with Gasteiger partial charge >= 0.3 is 0 Å². The molecule has 5 heteroatoms. The maximum Gasteiger partial charge on any atom is 0.224 e. The third kappa shape index (κ3) is 4.65. The Morgan fingerprint density at radius 2 is 2.10 bits per heavy atom. The Bertz CT molecular complexity index is 578. The quantitative estimate of drug-likeness (QED) is 0.793. The zero-order chi connectivity index (χ0) is 15.1. The average molecular weight is 304 g/mol. The van der Waals surface area contributed by atoms with E-state index in [-0.39, 0.29) is 5.91 Å². The van der Waals surface area contributed by atoms with Crippen molar-refractivity contribution in [3.63, 3.8) is 0 Å². The lowest BCUT2D eigenvalue weighted by atomic mass is 10.1. The van der Waals surface area contributed by atoms with Crippen molar-refractivity contribution in [3.8, 4) is 11.3 Å². The van der Waals surface area contributed by atoms with E-state index < -0.39 is 0 Å². The van der Waals surface area contributed by atoms with Gasteiger partial charge in [0.25, 0.3) is 0 Å². The molecule has 0 unspecified atom stereocenters. The molecule has 2 aromatic rings. The van der Waals surface area contributed by atoms with E-state index in [1.807, 2.05) is 31.2 Å². The lowest BCUT2D eigenvalue weighted by Gasteiger charge is -2.04. The number of thiazole rings is 1. The molecule has 1 amide bonds. The van der Waals surface area contributed by atoms with Gasteiger partial charge in [0, 0.05) is 43.2 Å². The predicted octanol–water partition coefficient (Wildman–Crippen LogP) is 3.74. The van der Waals surface area contributed by atoms with Crippen molar-refractivity contribution in [1.29, 1.82) is 0 Å². The van der Waals surface area contributed by atoms with Gasteiger partial charge in [0.05, 0.1) is 10.7 Å². The minimum absolute atomic E-state index is 0.0248. The van der Waals surface area contributed by atoms with Crippen molar-refractivity contribution in [1.82, 2.24) is 4.98 Å². The minimum Gasteiger partial charge on any atom is -0.385 e. The fraction of sp³-hybridized carbons (Fsp3) is 0.375. The molecule has 0 aliphatic heterocycles. The van der Waals surface area contributed by atoms with Crippen LogP contribution in [0.3, 0.4) is 0 Å². The summed E-state index contributed by atoms with van der Waals surface area (Å²) < 4.78 is 5.05. The molecule has 1 aromatic heterocycles. The van der Waals surface area contributed by atoms with Crippen molar-refractivity contribution < 1.29 is 9.53 Å². The largest absolute Gasteiger partial charge is 0.385 e. The summed E-state index contributed by atoms with van der Waals surface area (Å²) in [6, 6.07) is 7.79. The Morgan fingerprint density at radius 3 is 2.76 bits per heavy atom. The zero-order valence-electron chi connectivity index (χ0n) is 12.4. The first-order valence-corrected chi connectivity index (χ1v) is 7.94. The van der Waals surface area contributed by atoms with Gasteiger partial charge in [0.15, 0.2) is 0 Å². The molecule has 0 saturated heterocycles. The molecular formula is C16H20N2O2S. The highest BCUT2D eigenvalue weighted by Crippen LogP contribution is 2.24. The van der Waals surface area contributed by atoms with Crippen LogP contribution in [0.1, 0.15) is 24.8 Å². The molecule has 0 bridgehead atoms. The number of amides is 1. The van der Waals surface area contributed by atoms with Crippen LogP contribution in [0.15, 0.2) is 29.6 Å². The summed E-state index contributed by atoms with van der Waals surface area (Å²) in [5, 5.41) is 6.04. The third-order valence-electron chi connectivity index (χ3n) is 3.08. The summed E-state index contributed by atoms with van der Waals surface area (Å²) in [4.78, 5) is 16.0. The van der Waals surface area contributed by atoms with Gasteiger partial charge in [0.1, 0.15) is 0 Å². The zero-order valence-corrected chi connectivity index (χ0v) is 13.2. The highest BCUT2D eigenvalue weighted by molar-refractivity contribution is 7.09. The second-order valence-electron chi connectivity index (χ2n) is 4.70. The van der Waals surface area contributed by atoms with Crippen molar-refractivity contribution in [2.45, 2.75) is 26.2 Å². The summed E-state index contributed by atoms with van der Waals surface area (Å²) in [5.41, 5.74) is 2.88. The molecule has 112 valence electrons. The molecule has 0 spiro atoms. The monoisotopic (exact) mass is 304 g/mol.